The predicted molar refractivity (Wildman–Crippen MR) is 75.1 cm³/mol. The molecule has 0 aliphatic carbocycles. The molecule has 0 saturated heterocycles. The van der Waals surface area contributed by atoms with Gasteiger partial charge in [-0.2, -0.15) is 0 Å². The molecule has 1 amide bonds. The highest BCUT2D eigenvalue weighted by Gasteiger charge is 2.12. The number of amides is 1. The zero-order valence-corrected chi connectivity index (χ0v) is 11.9. The molecule has 0 aliphatic rings. The molecule has 0 bridgehead atoms. The van der Waals surface area contributed by atoms with E-state index in [1.54, 1.807) is 17.4 Å². The summed E-state index contributed by atoms with van der Waals surface area (Å²) in [6.07, 6.45) is 0. The van der Waals surface area contributed by atoms with Crippen LogP contribution in [0.15, 0.2) is 28.1 Å². The number of carbonyl (C=O) groups excluding carboxylic acids is 1. The number of likely N-dealkylation sites (N-methyl/N-ethyl adjacent to an activating group) is 1. The Morgan fingerprint density at radius 1 is 1.58 bits per heavy atom. The lowest BCUT2D eigenvalue weighted by Crippen LogP contribution is -2.32. The van der Waals surface area contributed by atoms with Gasteiger partial charge in [0.15, 0.2) is 0 Å². The largest absolute Gasteiger partial charge is 0.338 e. The van der Waals surface area contributed by atoms with Gasteiger partial charge in [0.25, 0.3) is 0 Å². The van der Waals surface area contributed by atoms with E-state index < -0.39 is 0 Å². The standard InChI is InChI=1S/C13H17N3O2S/c1-3-16(8-11-5-4-6-19-11)9-12(17)14-13-7-10(2)15-18-13/h4-7H,3,8-9H2,1-2H3,(H,14,17). The molecule has 19 heavy (non-hydrogen) atoms. The molecule has 5 nitrogen and oxygen atoms in total. The lowest BCUT2D eigenvalue weighted by Gasteiger charge is -2.18. The molecule has 2 aromatic rings. The zero-order valence-electron chi connectivity index (χ0n) is 11.0. The summed E-state index contributed by atoms with van der Waals surface area (Å²) < 4.78 is 4.96. The number of hydrogen-bond acceptors (Lipinski definition) is 5. The molecule has 0 aromatic carbocycles. The predicted octanol–water partition coefficient (Wildman–Crippen LogP) is 2.51. The molecule has 0 spiro atoms. The monoisotopic (exact) mass is 279 g/mol. The number of carbonyl (C=O) groups is 1. The molecule has 0 unspecified atom stereocenters. The summed E-state index contributed by atoms with van der Waals surface area (Å²) >= 11 is 1.70. The van der Waals surface area contributed by atoms with E-state index in [0.717, 1.165) is 18.8 Å². The van der Waals surface area contributed by atoms with Crippen molar-refractivity contribution < 1.29 is 9.32 Å². The van der Waals surface area contributed by atoms with E-state index in [1.165, 1.54) is 4.88 Å². The van der Waals surface area contributed by atoms with E-state index in [-0.39, 0.29) is 5.91 Å². The van der Waals surface area contributed by atoms with E-state index in [9.17, 15) is 4.79 Å². The Kier molecular flexibility index (Phi) is 4.70. The number of aromatic nitrogens is 1. The molecule has 102 valence electrons. The van der Waals surface area contributed by atoms with Gasteiger partial charge in [-0.15, -0.1) is 11.3 Å². The first-order valence-corrected chi connectivity index (χ1v) is 7.03. The van der Waals surface area contributed by atoms with E-state index in [0.29, 0.717) is 12.4 Å². The van der Waals surface area contributed by atoms with Crippen LogP contribution in [-0.2, 0) is 11.3 Å². The minimum Gasteiger partial charge on any atom is -0.338 e. The van der Waals surface area contributed by atoms with Gasteiger partial charge in [-0.05, 0) is 24.9 Å². The van der Waals surface area contributed by atoms with Crippen LogP contribution in [0.4, 0.5) is 5.88 Å². The van der Waals surface area contributed by atoms with Crippen molar-refractivity contribution in [1.82, 2.24) is 10.1 Å². The van der Waals surface area contributed by atoms with Gasteiger partial charge in [0.1, 0.15) is 0 Å². The highest BCUT2D eigenvalue weighted by atomic mass is 32.1. The maximum Gasteiger partial charge on any atom is 0.240 e. The molecule has 2 rings (SSSR count). The Bertz CT molecular complexity index is 522. The van der Waals surface area contributed by atoms with Crippen molar-refractivity contribution in [2.75, 3.05) is 18.4 Å². The first-order valence-electron chi connectivity index (χ1n) is 6.15. The number of thiophene rings is 1. The summed E-state index contributed by atoms with van der Waals surface area (Å²) in [5, 5.41) is 8.47. The van der Waals surface area contributed by atoms with Crippen molar-refractivity contribution in [3.63, 3.8) is 0 Å². The van der Waals surface area contributed by atoms with Crippen LogP contribution in [0.1, 0.15) is 17.5 Å². The minimum atomic E-state index is -0.0884. The van der Waals surface area contributed by atoms with Crippen molar-refractivity contribution in [3.8, 4) is 0 Å². The molecule has 0 aliphatic heterocycles. The van der Waals surface area contributed by atoms with E-state index in [4.69, 9.17) is 4.52 Å². The van der Waals surface area contributed by atoms with Gasteiger partial charge in [0.05, 0.1) is 12.2 Å². The number of anilines is 1. The van der Waals surface area contributed by atoms with Gasteiger partial charge in [0.2, 0.25) is 11.8 Å². The lowest BCUT2D eigenvalue weighted by molar-refractivity contribution is -0.117. The summed E-state index contributed by atoms with van der Waals surface area (Å²) in [5.41, 5.74) is 0.751. The quantitative estimate of drug-likeness (QED) is 0.882. The Labute approximate surface area is 116 Å². The van der Waals surface area contributed by atoms with Crippen LogP contribution in [0.25, 0.3) is 0 Å². The van der Waals surface area contributed by atoms with Crippen LogP contribution in [0.5, 0.6) is 0 Å². The fourth-order valence-electron chi connectivity index (χ4n) is 1.70. The van der Waals surface area contributed by atoms with Gasteiger partial charge in [0, 0.05) is 17.5 Å². The van der Waals surface area contributed by atoms with Gasteiger partial charge in [-0.3, -0.25) is 15.0 Å². The maximum absolute atomic E-state index is 11.9. The van der Waals surface area contributed by atoms with Gasteiger partial charge >= 0.3 is 0 Å². The van der Waals surface area contributed by atoms with E-state index in [1.807, 2.05) is 25.3 Å². The molecule has 0 fully saturated rings. The van der Waals surface area contributed by atoms with Crippen molar-refractivity contribution >= 4 is 23.1 Å². The zero-order chi connectivity index (χ0) is 13.7. The van der Waals surface area contributed by atoms with E-state index in [2.05, 4.69) is 21.4 Å². The number of hydrogen-bond donors (Lipinski definition) is 1. The molecular formula is C13H17N3O2S. The topological polar surface area (TPSA) is 58.4 Å². The summed E-state index contributed by atoms with van der Waals surface area (Å²) in [4.78, 5) is 15.2. The van der Waals surface area contributed by atoms with Crippen molar-refractivity contribution in [2.24, 2.45) is 0 Å². The second-order valence-corrected chi connectivity index (χ2v) is 5.30. The third-order valence-electron chi connectivity index (χ3n) is 2.66. The maximum atomic E-state index is 11.9. The molecule has 6 heteroatoms. The van der Waals surface area contributed by atoms with Crippen LogP contribution in [0, 0.1) is 6.92 Å². The first kappa shape index (κ1) is 13.8. The normalized spacial score (nSPS) is 10.9. The Morgan fingerprint density at radius 3 is 3.00 bits per heavy atom. The fraction of sp³-hybridized carbons (Fsp3) is 0.385. The first-order chi connectivity index (χ1) is 9.17. The average Bonchev–Trinajstić information content (AvgIpc) is 3.00. The number of rotatable bonds is 6. The highest BCUT2D eigenvalue weighted by molar-refractivity contribution is 7.09. The molecular weight excluding hydrogens is 262 g/mol. The van der Waals surface area contributed by atoms with Crippen molar-refractivity contribution in [1.29, 1.82) is 0 Å². The molecule has 2 aromatic heterocycles. The molecule has 2 heterocycles. The molecule has 0 radical (unpaired) electrons. The van der Waals surface area contributed by atoms with Gasteiger partial charge in [-0.1, -0.05) is 18.1 Å². The SMILES string of the molecule is CCN(CC(=O)Nc1cc(C)no1)Cc1cccs1. The summed E-state index contributed by atoms with van der Waals surface area (Å²) in [7, 11) is 0. The van der Waals surface area contributed by atoms with Gasteiger partial charge < -0.3 is 4.52 Å². The molecule has 0 saturated carbocycles. The molecule has 0 atom stereocenters. The fourth-order valence-corrected chi connectivity index (χ4v) is 2.45. The van der Waals surface area contributed by atoms with Crippen LogP contribution < -0.4 is 5.32 Å². The smallest absolute Gasteiger partial charge is 0.240 e. The summed E-state index contributed by atoms with van der Waals surface area (Å²) in [6.45, 7) is 5.81. The van der Waals surface area contributed by atoms with Crippen LogP contribution in [0.2, 0.25) is 0 Å². The highest BCUT2D eigenvalue weighted by Crippen LogP contribution is 2.12. The minimum absolute atomic E-state index is 0.0884. The third-order valence-corrected chi connectivity index (χ3v) is 3.53. The number of nitrogens with one attached hydrogen (secondary N) is 1. The van der Waals surface area contributed by atoms with Crippen LogP contribution in [0.3, 0.4) is 0 Å². The Balaban J connectivity index is 1.85. The van der Waals surface area contributed by atoms with Gasteiger partial charge in [-0.25, -0.2) is 0 Å². The summed E-state index contributed by atoms with van der Waals surface area (Å²) in [6, 6.07) is 5.80. The Morgan fingerprint density at radius 2 is 2.42 bits per heavy atom. The second-order valence-electron chi connectivity index (χ2n) is 4.26. The Hall–Kier alpha value is -1.66. The van der Waals surface area contributed by atoms with Crippen LogP contribution in [-0.4, -0.2) is 29.1 Å². The number of nitrogens with zero attached hydrogens (tertiary/aromatic N) is 2. The average molecular weight is 279 g/mol. The second kappa shape index (κ2) is 6.49. The van der Waals surface area contributed by atoms with E-state index >= 15 is 0 Å². The number of aryl methyl sites for hydroxylation is 1. The molecule has 1 N–H and O–H groups in total. The van der Waals surface area contributed by atoms with Crippen molar-refractivity contribution in [2.45, 2.75) is 20.4 Å². The third kappa shape index (κ3) is 4.18. The van der Waals surface area contributed by atoms with Crippen molar-refractivity contribution in [3.05, 3.63) is 34.2 Å². The van der Waals surface area contributed by atoms with Crippen LogP contribution >= 0.6 is 11.3 Å². The summed E-state index contributed by atoms with van der Waals surface area (Å²) in [5.74, 6) is 0.309. The lowest BCUT2D eigenvalue weighted by atomic mass is 10.4.